The highest BCUT2D eigenvalue weighted by atomic mass is 32.1. The first-order valence-corrected chi connectivity index (χ1v) is 13.1. The number of Topliss-reactive ketones (excluding diaryl/α,β-unsaturated/α-hetero) is 1. The van der Waals surface area contributed by atoms with Gasteiger partial charge >= 0.3 is 5.91 Å². The highest BCUT2D eigenvalue weighted by Gasteiger charge is 2.48. The molecule has 1 N–H and O–H groups in total. The quantitative estimate of drug-likeness (QED) is 0.164. The molecular weight excluding hydrogens is 507 g/mol. The largest absolute Gasteiger partial charge is 0.507 e. The zero-order valence-corrected chi connectivity index (χ0v) is 21.6. The van der Waals surface area contributed by atoms with E-state index >= 15 is 0 Å². The smallest absolute Gasteiger partial charge is 0.301 e. The third kappa shape index (κ3) is 4.72. The van der Waals surface area contributed by atoms with Crippen LogP contribution in [0.1, 0.15) is 37.4 Å². The average Bonchev–Trinajstić information content (AvgIpc) is 3.45. The number of nitrogens with zero attached hydrogens (tertiary/aromatic N) is 2. The number of ketones is 1. The average molecular weight is 533 g/mol. The molecule has 194 valence electrons. The van der Waals surface area contributed by atoms with Gasteiger partial charge in [0.05, 0.1) is 35.0 Å². The minimum atomic E-state index is -0.952. The maximum atomic E-state index is 13.8. The van der Waals surface area contributed by atoms with Gasteiger partial charge in [-0.3, -0.25) is 14.5 Å². The zero-order valence-electron chi connectivity index (χ0n) is 20.8. The molecule has 1 amide bonds. The van der Waals surface area contributed by atoms with E-state index in [2.05, 4.69) is 4.98 Å². The van der Waals surface area contributed by atoms with Crippen LogP contribution in [-0.2, 0) is 9.59 Å². The predicted molar refractivity (Wildman–Crippen MR) is 144 cm³/mol. The summed E-state index contributed by atoms with van der Waals surface area (Å²) in [6.07, 6.45) is 0.853. The molecule has 1 aliphatic rings. The van der Waals surface area contributed by atoms with Crippen LogP contribution in [0.5, 0.6) is 11.5 Å². The fourth-order valence-electron chi connectivity index (χ4n) is 4.33. The van der Waals surface area contributed by atoms with Gasteiger partial charge in [0, 0.05) is 5.56 Å². The van der Waals surface area contributed by atoms with Crippen molar-refractivity contribution in [2.75, 3.05) is 18.1 Å². The number of aliphatic hydroxyl groups is 1. The standard InChI is InChI=1S/C29H25FN2O5S/c1-3-15-37-21-12-7-18(8-13-21)26(33)24-25(17-5-10-20(11-6-17)36-4-2)32(28(35)27(24)34)29-31-22-14-9-19(30)16-23(22)38-29/h5-14,16,25,33H,3-4,15H2,1-2H3. The SMILES string of the molecule is CCCOc1ccc(C(O)=C2C(=O)C(=O)N(c3nc4ccc(F)cc4s3)C2c2ccc(OCC)cc2)cc1. The van der Waals surface area contributed by atoms with Gasteiger partial charge in [0.25, 0.3) is 5.78 Å². The van der Waals surface area contributed by atoms with Crippen molar-refractivity contribution in [3.63, 3.8) is 0 Å². The Bertz CT molecular complexity index is 1530. The summed E-state index contributed by atoms with van der Waals surface area (Å²) in [5.41, 5.74) is 1.39. The fourth-order valence-corrected chi connectivity index (χ4v) is 5.35. The molecule has 4 aromatic rings. The molecule has 9 heteroatoms. The number of thiazole rings is 1. The lowest BCUT2D eigenvalue weighted by Gasteiger charge is -2.23. The van der Waals surface area contributed by atoms with Crippen LogP contribution in [0.2, 0.25) is 0 Å². The van der Waals surface area contributed by atoms with Gasteiger partial charge in [-0.05, 0) is 73.5 Å². The second kappa shape index (κ2) is 10.6. The summed E-state index contributed by atoms with van der Waals surface area (Å²) >= 11 is 1.10. The van der Waals surface area contributed by atoms with E-state index in [1.165, 1.54) is 23.1 Å². The summed E-state index contributed by atoms with van der Waals surface area (Å²) in [6, 6.07) is 16.9. The summed E-state index contributed by atoms with van der Waals surface area (Å²) in [5.74, 6) is -1.13. The Labute approximate surface area is 222 Å². The van der Waals surface area contributed by atoms with Crippen molar-refractivity contribution in [1.82, 2.24) is 4.98 Å². The number of hydrogen-bond donors (Lipinski definition) is 1. The Morgan fingerprint density at radius 2 is 1.68 bits per heavy atom. The van der Waals surface area contributed by atoms with Gasteiger partial charge in [-0.1, -0.05) is 30.4 Å². The van der Waals surface area contributed by atoms with Crippen molar-refractivity contribution in [2.24, 2.45) is 0 Å². The molecule has 0 radical (unpaired) electrons. The van der Waals surface area contributed by atoms with Gasteiger partial charge in [-0.25, -0.2) is 9.37 Å². The molecule has 1 unspecified atom stereocenters. The first-order valence-electron chi connectivity index (χ1n) is 12.2. The Hall–Kier alpha value is -4.24. The van der Waals surface area contributed by atoms with Gasteiger partial charge in [0.15, 0.2) is 5.13 Å². The topological polar surface area (TPSA) is 89.0 Å². The molecule has 1 aromatic heterocycles. The van der Waals surface area contributed by atoms with Crippen LogP contribution >= 0.6 is 11.3 Å². The molecule has 38 heavy (non-hydrogen) atoms. The minimum Gasteiger partial charge on any atom is -0.507 e. The molecule has 1 aliphatic heterocycles. The lowest BCUT2D eigenvalue weighted by atomic mass is 9.95. The number of aliphatic hydroxyl groups excluding tert-OH is 1. The van der Waals surface area contributed by atoms with E-state index in [4.69, 9.17) is 9.47 Å². The van der Waals surface area contributed by atoms with Crippen LogP contribution in [0.3, 0.4) is 0 Å². The molecule has 3 aromatic carbocycles. The Morgan fingerprint density at radius 3 is 2.37 bits per heavy atom. The van der Waals surface area contributed by atoms with Crippen molar-refractivity contribution in [3.05, 3.63) is 89.2 Å². The van der Waals surface area contributed by atoms with Gasteiger partial charge in [-0.15, -0.1) is 0 Å². The number of aromatic nitrogens is 1. The molecule has 1 saturated heterocycles. The molecule has 1 fully saturated rings. The maximum Gasteiger partial charge on any atom is 0.301 e. The minimum absolute atomic E-state index is 0.0631. The van der Waals surface area contributed by atoms with E-state index in [0.29, 0.717) is 46.1 Å². The first kappa shape index (κ1) is 25.4. The van der Waals surface area contributed by atoms with Crippen molar-refractivity contribution in [1.29, 1.82) is 0 Å². The monoisotopic (exact) mass is 532 g/mol. The van der Waals surface area contributed by atoms with Gasteiger partial charge < -0.3 is 14.6 Å². The zero-order chi connectivity index (χ0) is 26.8. The second-order valence-electron chi connectivity index (χ2n) is 8.65. The summed E-state index contributed by atoms with van der Waals surface area (Å²) in [6.45, 7) is 4.91. The van der Waals surface area contributed by atoms with E-state index in [-0.39, 0.29) is 16.5 Å². The Balaban J connectivity index is 1.63. The van der Waals surface area contributed by atoms with Gasteiger partial charge in [0.1, 0.15) is 23.1 Å². The molecule has 5 rings (SSSR count). The second-order valence-corrected chi connectivity index (χ2v) is 9.66. The normalized spacial score (nSPS) is 16.8. The predicted octanol–water partition coefficient (Wildman–Crippen LogP) is 6.25. The number of hydrogen-bond acceptors (Lipinski definition) is 7. The molecular formula is C29H25FN2O5S. The number of halogens is 1. The van der Waals surface area contributed by atoms with E-state index in [1.807, 2.05) is 13.8 Å². The van der Waals surface area contributed by atoms with Crippen molar-refractivity contribution < 1.29 is 28.6 Å². The number of benzene rings is 3. The Kier molecular flexibility index (Phi) is 7.11. The van der Waals surface area contributed by atoms with E-state index < -0.39 is 23.5 Å². The lowest BCUT2D eigenvalue weighted by Crippen LogP contribution is -2.29. The van der Waals surface area contributed by atoms with Crippen LogP contribution in [0, 0.1) is 5.82 Å². The summed E-state index contributed by atoms with van der Waals surface area (Å²) in [7, 11) is 0. The molecule has 2 heterocycles. The maximum absolute atomic E-state index is 13.8. The van der Waals surface area contributed by atoms with Crippen LogP contribution in [-0.4, -0.2) is 35.0 Å². The first-order chi connectivity index (χ1) is 18.4. The number of carbonyl (C=O) groups is 2. The molecule has 1 atom stereocenters. The van der Waals surface area contributed by atoms with E-state index in [1.54, 1.807) is 48.5 Å². The number of ether oxygens (including phenoxy) is 2. The summed E-state index contributed by atoms with van der Waals surface area (Å²) < 4.78 is 25.5. The van der Waals surface area contributed by atoms with Crippen LogP contribution in [0.15, 0.2) is 72.3 Å². The van der Waals surface area contributed by atoms with Crippen LogP contribution in [0.25, 0.3) is 16.0 Å². The number of fused-ring (bicyclic) bond motifs is 1. The lowest BCUT2D eigenvalue weighted by molar-refractivity contribution is -0.132. The summed E-state index contributed by atoms with van der Waals surface area (Å²) in [5, 5.41) is 11.6. The van der Waals surface area contributed by atoms with Crippen LogP contribution < -0.4 is 14.4 Å². The molecule has 0 spiro atoms. The van der Waals surface area contributed by atoms with E-state index in [9.17, 15) is 19.1 Å². The number of anilines is 1. The van der Waals surface area contributed by atoms with Crippen LogP contribution in [0.4, 0.5) is 9.52 Å². The van der Waals surface area contributed by atoms with Crippen molar-refractivity contribution in [3.8, 4) is 11.5 Å². The highest BCUT2D eigenvalue weighted by molar-refractivity contribution is 7.22. The van der Waals surface area contributed by atoms with Crippen molar-refractivity contribution in [2.45, 2.75) is 26.3 Å². The van der Waals surface area contributed by atoms with Gasteiger partial charge in [-0.2, -0.15) is 0 Å². The summed E-state index contributed by atoms with van der Waals surface area (Å²) in [4.78, 5) is 32.6. The van der Waals surface area contributed by atoms with E-state index in [0.717, 1.165) is 17.8 Å². The fraction of sp³-hybridized carbons (Fsp3) is 0.207. The number of rotatable bonds is 8. The van der Waals surface area contributed by atoms with Gasteiger partial charge in [0.2, 0.25) is 0 Å². The molecule has 0 bridgehead atoms. The Morgan fingerprint density at radius 1 is 1.00 bits per heavy atom. The molecule has 7 nitrogen and oxygen atoms in total. The number of carbonyl (C=O) groups excluding carboxylic acids is 2. The third-order valence-corrected chi connectivity index (χ3v) is 7.11. The number of amides is 1. The third-order valence-electron chi connectivity index (χ3n) is 6.10. The highest BCUT2D eigenvalue weighted by Crippen LogP contribution is 2.44. The van der Waals surface area contributed by atoms with Crippen molar-refractivity contribution >= 4 is 44.1 Å². The molecule has 0 aliphatic carbocycles. The molecule has 0 saturated carbocycles.